The highest BCUT2D eigenvalue weighted by Crippen LogP contribution is 2.17. The molecule has 4 nitrogen and oxygen atoms in total. The minimum Gasteiger partial charge on any atom is -0.316 e. The first kappa shape index (κ1) is 17.1. The maximum atomic E-state index is 13.8. The summed E-state index contributed by atoms with van der Waals surface area (Å²) in [7, 11) is -2.05. The van der Waals surface area contributed by atoms with Crippen molar-refractivity contribution in [3.8, 4) is 0 Å². The highest BCUT2D eigenvalue weighted by Gasteiger charge is 2.20. The second-order valence-corrected chi connectivity index (χ2v) is 6.56. The number of nitrogens with one attached hydrogen (secondary N) is 2. The standard InChI is InChI=1S/C14H23FN2O2S/c1-4-11(5-2)10-17-20(18,19)14-8-12(9-16-3)6-7-13(14)15/h6-8,11,16-17H,4-5,9-10H2,1-3H3. The van der Waals surface area contributed by atoms with Crippen molar-refractivity contribution in [2.45, 2.75) is 38.1 Å². The highest BCUT2D eigenvalue weighted by atomic mass is 32.2. The lowest BCUT2D eigenvalue weighted by Crippen LogP contribution is -2.29. The highest BCUT2D eigenvalue weighted by molar-refractivity contribution is 7.89. The van der Waals surface area contributed by atoms with Crippen molar-refractivity contribution in [3.63, 3.8) is 0 Å². The van der Waals surface area contributed by atoms with Crippen LogP contribution in [0.5, 0.6) is 0 Å². The van der Waals surface area contributed by atoms with Gasteiger partial charge in [0.25, 0.3) is 0 Å². The SMILES string of the molecule is CCC(CC)CNS(=O)(=O)c1cc(CNC)ccc1F. The first-order chi connectivity index (χ1) is 9.44. The first-order valence-electron chi connectivity index (χ1n) is 6.87. The second kappa shape index (κ2) is 7.71. The van der Waals surface area contributed by atoms with Gasteiger partial charge in [0.1, 0.15) is 10.7 Å². The van der Waals surface area contributed by atoms with E-state index in [9.17, 15) is 12.8 Å². The summed E-state index contributed by atoms with van der Waals surface area (Å²) in [6, 6.07) is 4.14. The fourth-order valence-corrected chi connectivity index (χ4v) is 3.19. The van der Waals surface area contributed by atoms with E-state index in [1.165, 1.54) is 12.1 Å². The van der Waals surface area contributed by atoms with E-state index in [-0.39, 0.29) is 10.8 Å². The van der Waals surface area contributed by atoms with Gasteiger partial charge in [-0.3, -0.25) is 0 Å². The minimum atomic E-state index is -3.80. The zero-order valence-electron chi connectivity index (χ0n) is 12.2. The van der Waals surface area contributed by atoms with Gasteiger partial charge in [-0.1, -0.05) is 32.8 Å². The van der Waals surface area contributed by atoms with Crippen LogP contribution in [0.4, 0.5) is 4.39 Å². The molecule has 20 heavy (non-hydrogen) atoms. The number of hydrogen-bond donors (Lipinski definition) is 2. The third-order valence-electron chi connectivity index (χ3n) is 3.38. The van der Waals surface area contributed by atoms with E-state index < -0.39 is 15.8 Å². The number of benzene rings is 1. The fourth-order valence-electron chi connectivity index (χ4n) is 1.95. The van der Waals surface area contributed by atoms with Crippen LogP contribution in [0.1, 0.15) is 32.3 Å². The zero-order valence-corrected chi connectivity index (χ0v) is 13.1. The van der Waals surface area contributed by atoms with Crippen molar-refractivity contribution >= 4 is 10.0 Å². The quantitative estimate of drug-likeness (QED) is 0.774. The van der Waals surface area contributed by atoms with Crippen LogP contribution >= 0.6 is 0 Å². The molecule has 1 aromatic carbocycles. The molecule has 6 heteroatoms. The van der Waals surface area contributed by atoms with Gasteiger partial charge in [-0.15, -0.1) is 0 Å². The van der Waals surface area contributed by atoms with Gasteiger partial charge in [-0.2, -0.15) is 0 Å². The van der Waals surface area contributed by atoms with Gasteiger partial charge in [0.15, 0.2) is 0 Å². The molecule has 0 saturated carbocycles. The molecule has 2 N–H and O–H groups in total. The molecule has 0 fully saturated rings. The Kier molecular flexibility index (Phi) is 6.58. The van der Waals surface area contributed by atoms with Gasteiger partial charge in [-0.05, 0) is 30.7 Å². The molecule has 1 aromatic rings. The molecule has 0 radical (unpaired) electrons. The molecular formula is C14H23FN2O2S. The molecule has 0 aliphatic heterocycles. The number of sulfonamides is 1. The third-order valence-corrected chi connectivity index (χ3v) is 4.82. The summed E-state index contributed by atoms with van der Waals surface area (Å²) in [6.45, 7) is 4.85. The van der Waals surface area contributed by atoms with Crippen LogP contribution in [0, 0.1) is 11.7 Å². The lowest BCUT2D eigenvalue weighted by atomic mass is 10.0. The summed E-state index contributed by atoms with van der Waals surface area (Å²) in [5.41, 5.74) is 0.733. The average Bonchev–Trinajstić information content (AvgIpc) is 2.42. The monoisotopic (exact) mass is 302 g/mol. The maximum Gasteiger partial charge on any atom is 0.243 e. The second-order valence-electron chi connectivity index (χ2n) is 4.83. The normalized spacial score (nSPS) is 12.1. The summed E-state index contributed by atoms with van der Waals surface area (Å²) in [6.07, 6.45) is 1.78. The predicted octanol–water partition coefficient (Wildman–Crippen LogP) is 2.26. The van der Waals surface area contributed by atoms with E-state index in [2.05, 4.69) is 10.0 Å². The van der Waals surface area contributed by atoms with E-state index in [4.69, 9.17) is 0 Å². The molecule has 0 atom stereocenters. The fraction of sp³-hybridized carbons (Fsp3) is 0.571. The summed E-state index contributed by atoms with van der Waals surface area (Å²) in [5.74, 6) is -0.449. The Morgan fingerprint density at radius 2 is 1.90 bits per heavy atom. The van der Waals surface area contributed by atoms with Gasteiger partial charge in [0.05, 0.1) is 0 Å². The van der Waals surface area contributed by atoms with Crippen LogP contribution < -0.4 is 10.0 Å². The van der Waals surface area contributed by atoms with Crippen LogP contribution in [0.2, 0.25) is 0 Å². The predicted molar refractivity (Wildman–Crippen MR) is 78.4 cm³/mol. The topological polar surface area (TPSA) is 58.2 Å². The molecule has 0 aliphatic carbocycles. The van der Waals surface area contributed by atoms with E-state index in [0.717, 1.165) is 18.4 Å². The number of halogens is 1. The lowest BCUT2D eigenvalue weighted by Gasteiger charge is -2.14. The van der Waals surface area contributed by atoms with Gasteiger partial charge < -0.3 is 5.32 Å². The smallest absolute Gasteiger partial charge is 0.243 e. The van der Waals surface area contributed by atoms with Crippen LogP contribution in [-0.2, 0) is 16.6 Å². The van der Waals surface area contributed by atoms with Gasteiger partial charge >= 0.3 is 0 Å². The van der Waals surface area contributed by atoms with Crippen LogP contribution in [0.15, 0.2) is 23.1 Å². The van der Waals surface area contributed by atoms with E-state index in [1.807, 2.05) is 13.8 Å². The van der Waals surface area contributed by atoms with Crippen molar-refractivity contribution in [2.75, 3.05) is 13.6 Å². The van der Waals surface area contributed by atoms with Crippen molar-refractivity contribution in [1.29, 1.82) is 0 Å². The molecule has 0 saturated heterocycles. The Balaban J connectivity index is 2.93. The molecule has 114 valence electrons. The van der Waals surface area contributed by atoms with Crippen LogP contribution in [0.3, 0.4) is 0 Å². The third kappa shape index (κ3) is 4.54. The van der Waals surface area contributed by atoms with Crippen molar-refractivity contribution in [2.24, 2.45) is 5.92 Å². The average molecular weight is 302 g/mol. The Labute approximate surface area is 120 Å². The first-order valence-corrected chi connectivity index (χ1v) is 8.35. The Morgan fingerprint density at radius 3 is 2.45 bits per heavy atom. The van der Waals surface area contributed by atoms with E-state index in [1.54, 1.807) is 13.1 Å². The zero-order chi connectivity index (χ0) is 15.2. The molecule has 0 bridgehead atoms. The van der Waals surface area contributed by atoms with Gasteiger partial charge in [0, 0.05) is 13.1 Å². The van der Waals surface area contributed by atoms with Gasteiger partial charge in [-0.25, -0.2) is 17.5 Å². The molecular weight excluding hydrogens is 279 g/mol. The van der Waals surface area contributed by atoms with Crippen molar-refractivity contribution in [1.82, 2.24) is 10.0 Å². The maximum absolute atomic E-state index is 13.8. The summed E-state index contributed by atoms with van der Waals surface area (Å²) in [5, 5.41) is 2.91. The molecule has 0 amide bonds. The summed E-state index contributed by atoms with van der Waals surface area (Å²) in [4.78, 5) is -0.281. The van der Waals surface area contributed by atoms with Gasteiger partial charge in [0.2, 0.25) is 10.0 Å². The van der Waals surface area contributed by atoms with E-state index >= 15 is 0 Å². The summed E-state index contributed by atoms with van der Waals surface area (Å²) >= 11 is 0. The molecule has 0 heterocycles. The van der Waals surface area contributed by atoms with Crippen molar-refractivity contribution < 1.29 is 12.8 Å². The molecule has 1 rings (SSSR count). The molecule has 0 spiro atoms. The number of hydrogen-bond acceptors (Lipinski definition) is 3. The summed E-state index contributed by atoms with van der Waals surface area (Å²) < 4.78 is 40.6. The number of rotatable bonds is 8. The molecule has 0 aromatic heterocycles. The Morgan fingerprint density at radius 1 is 1.25 bits per heavy atom. The minimum absolute atomic E-state index is 0.272. The molecule has 0 aliphatic rings. The Bertz CT molecular complexity index is 528. The largest absolute Gasteiger partial charge is 0.316 e. The van der Waals surface area contributed by atoms with Crippen molar-refractivity contribution in [3.05, 3.63) is 29.6 Å². The van der Waals surface area contributed by atoms with Crippen LogP contribution in [0.25, 0.3) is 0 Å². The molecule has 0 unspecified atom stereocenters. The van der Waals surface area contributed by atoms with E-state index in [0.29, 0.717) is 13.1 Å². The van der Waals surface area contributed by atoms with Crippen LogP contribution in [-0.4, -0.2) is 22.0 Å². The Hall–Kier alpha value is -0.980. The lowest BCUT2D eigenvalue weighted by molar-refractivity contribution is 0.477.